The molecule has 0 aliphatic rings. The van der Waals surface area contributed by atoms with Gasteiger partial charge >= 0.3 is 5.97 Å². The number of hydrogen-bond acceptors (Lipinski definition) is 3. The van der Waals surface area contributed by atoms with Crippen LogP contribution >= 0.6 is 11.8 Å². The van der Waals surface area contributed by atoms with E-state index in [1.807, 2.05) is 18.2 Å². The number of rotatable bonds is 8. The van der Waals surface area contributed by atoms with Crippen molar-refractivity contribution in [3.63, 3.8) is 0 Å². The molecule has 0 saturated carbocycles. The van der Waals surface area contributed by atoms with Crippen LogP contribution in [0.1, 0.15) is 31.7 Å². The molecule has 104 valence electrons. The molecule has 0 fully saturated rings. The highest BCUT2D eigenvalue weighted by Gasteiger charge is 2.17. The smallest absolute Gasteiger partial charge is 0.307 e. The molecule has 1 aromatic rings. The molecular weight excluding hydrogens is 260 g/mol. The van der Waals surface area contributed by atoms with Crippen LogP contribution in [0.25, 0.3) is 0 Å². The van der Waals surface area contributed by atoms with E-state index in [4.69, 9.17) is 5.11 Å². The van der Waals surface area contributed by atoms with Crippen LogP contribution in [0.5, 0.6) is 0 Å². The Kier molecular flexibility index (Phi) is 7.26. The van der Waals surface area contributed by atoms with Crippen LogP contribution in [-0.2, 0) is 16.0 Å². The molecule has 0 bridgehead atoms. The molecule has 0 aromatic heterocycles. The number of carbonyl (C=O) groups excluding carboxylic acids is 1. The topological polar surface area (TPSA) is 54.4 Å². The largest absolute Gasteiger partial charge is 0.481 e. The maximum Gasteiger partial charge on any atom is 0.307 e. The van der Waals surface area contributed by atoms with Gasteiger partial charge in [0.25, 0.3) is 0 Å². The van der Waals surface area contributed by atoms with Gasteiger partial charge in [-0.15, -0.1) is 0 Å². The molecule has 3 nitrogen and oxygen atoms in total. The van der Waals surface area contributed by atoms with E-state index >= 15 is 0 Å². The van der Waals surface area contributed by atoms with E-state index in [1.54, 1.807) is 0 Å². The second kappa shape index (κ2) is 8.75. The second-order valence-electron chi connectivity index (χ2n) is 4.57. The van der Waals surface area contributed by atoms with Crippen LogP contribution in [0.2, 0.25) is 0 Å². The highest BCUT2D eigenvalue weighted by molar-refractivity contribution is 8.13. The molecule has 0 unspecified atom stereocenters. The zero-order valence-corrected chi connectivity index (χ0v) is 12.0. The summed E-state index contributed by atoms with van der Waals surface area (Å²) in [5, 5.41) is 9.06. The van der Waals surface area contributed by atoms with Gasteiger partial charge in [-0.25, -0.2) is 0 Å². The number of benzene rings is 1. The Morgan fingerprint density at radius 1 is 1.21 bits per heavy atom. The Hall–Kier alpha value is -1.29. The van der Waals surface area contributed by atoms with Crippen LogP contribution in [0.4, 0.5) is 0 Å². The standard InChI is InChI=1S/C15H20O3S/c1-12(16)19-11-14(15(17)18)10-6-5-9-13-7-3-2-4-8-13/h2-4,7-8,14H,5-6,9-11H2,1H3,(H,17,18)/t14-/m1/s1. The van der Waals surface area contributed by atoms with Crippen molar-refractivity contribution in [1.29, 1.82) is 0 Å². The number of carboxylic acids is 1. The molecule has 0 aliphatic heterocycles. The normalized spacial score (nSPS) is 12.1. The maximum absolute atomic E-state index is 11.1. The van der Waals surface area contributed by atoms with E-state index in [1.165, 1.54) is 12.5 Å². The van der Waals surface area contributed by atoms with Gasteiger partial charge in [-0.1, -0.05) is 48.5 Å². The van der Waals surface area contributed by atoms with Crippen LogP contribution in [-0.4, -0.2) is 21.9 Å². The molecule has 0 saturated heterocycles. The molecule has 0 radical (unpaired) electrons. The minimum absolute atomic E-state index is 0.0180. The summed E-state index contributed by atoms with van der Waals surface area (Å²) in [5.41, 5.74) is 1.28. The molecule has 0 amide bonds. The average molecular weight is 280 g/mol. The Morgan fingerprint density at radius 3 is 2.47 bits per heavy atom. The third-order valence-corrected chi connectivity index (χ3v) is 3.92. The first-order valence-corrected chi connectivity index (χ1v) is 7.48. The number of aryl methyl sites for hydroxylation is 1. The highest BCUT2D eigenvalue weighted by atomic mass is 32.2. The van der Waals surface area contributed by atoms with E-state index in [0.717, 1.165) is 31.0 Å². The molecule has 0 heterocycles. The Bertz CT molecular complexity index is 403. The molecule has 1 rings (SSSR count). The van der Waals surface area contributed by atoms with Crippen LogP contribution < -0.4 is 0 Å². The van der Waals surface area contributed by atoms with Crippen molar-refractivity contribution in [2.24, 2.45) is 5.92 Å². The van der Waals surface area contributed by atoms with Crippen molar-refractivity contribution in [1.82, 2.24) is 0 Å². The van der Waals surface area contributed by atoms with Crippen molar-refractivity contribution >= 4 is 22.8 Å². The quantitative estimate of drug-likeness (QED) is 0.742. The lowest BCUT2D eigenvalue weighted by atomic mass is 10.0. The van der Waals surface area contributed by atoms with Gasteiger partial charge in [0, 0.05) is 12.7 Å². The molecule has 0 aliphatic carbocycles. The lowest BCUT2D eigenvalue weighted by Gasteiger charge is -2.10. The van der Waals surface area contributed by atoms with Crippen molar-refractivity contribution in [3.8, 4) is 0 Å². The third kappa shape index (κ3) is 7.01. The monoisotopic (exact) mass is 280 g/mol. The summed E-state index contributed by atoms with van der Waals surface area (Å²) in [5.74, 6) is -0.825. The zero-order chi connectivity index (χ0) is 14.1. The lowest BCUT2D eigenvalue weighted by molar-refractivity contribution is -0.141. The van der Waals surface area contributed by atoms with E-state index in [-0.39, 0.29) is 5.12 Å². The molecule has 19 heavy (non-hydrogen) atoms. The van der Waals surface area contributed by atoms with Gasteiger partial charge in [-0.05, 0) is 24.8 Å². The van der Waals surface area contributed by atoms with Gasteiger partial charge in [0.2, 0.25) is 0 Å². The summed E-state index contributed by atoms with van der Waals surface area (Å²) in [6.07, 6.45) is 3.48. The fourth-order valence-corrected chi connectivity index (χ4v) is 2.61. The molecule has 1 atom stereocenters. The number of hydrogen-bond donors (Lipinski definition) is 1. The van der Waals surface area contributed by atoms with Crippen molar-refractivity contribution < 1.29 is 14.7 Å². The van der Waals surface area contributed by atoms with E-state index in [9.17, 15) is 9.59 Å². The summed E-state index contributed by atoms with van der Waals surface area (Å²) in [7, 11) is 0. The minimum Gasteiger partial charge on any atom is -0.481 e. The van der Waals surface area contributed by atoms with Gasteiger partial charge in [0.15, 0.2) is 5.12 Å². The predicted molar refractivity (Wildman–Crippen MR) is 78.3 cm³/mol. The van der Waals surface area contributed by atoms with Gasteiger partial charge in [-0.3, -0.25) is 9.59 Å². The van der Waals surface area contributed by atoms with Crippen LogP contribution in [0.15, 0.2) is 30.3 Å². The zero-order valence-electron chi connectivity index (χ0n) is 11.2. The number of unbranched alkanes of at least 4 members (excludes halogenated alkanes) is 1. The predicted octanol–water partition coefficient (Wildman–Crippen LogP) is 3.38. The lowest BCUT2D eigenvalue weighted by Crippen LogP contribution is -2.17. The van der Waals surface area contributed by atoms with Crippen LogP contribution in [0, 0.1) is 5.92 Å². The minimum atomic E-state index is -0.798. The summed E-state index contributed by atoms with van der Waals surface area (Å²) < 4.78 is 0. The molecule has 1 aromatic carbocycles. The first-order chi connectivity index (χ1) is 9.09. The van der Waals surface area contributed by atoms with Gasteiger partial charge in [0.1, 0.15) is 0 Å². The Morgan fingerprint density at radius 2 is 1.89 bits per heavy atom. The van der Waals surface area contributed by atoms with E-state index in [0.29, 0.717) is 12.2 Å². The number of thioether (sulfide) groups is 1. The highest BCUT2D eigenvalue weighted by Crippen LogP contribution is 2.17. The van der Waals surface area contributed by atoms with E-state index in [2.05, 4.69) is 12.1 Å². The molecule has 0 spiro atoms. The van der Waals surface area contributed by atoms with Gasteiger partial charge in [0.05, 0.1) is 5.92 Å². The van der Waals surface area contributed by atoms with Crippen molar-refractivity contribution in [2.45, 2.75) is 32.6 Å². The molecule has 4 heteroatoms. The van der Waals surface area contributed by atoms with E-state index < -0.39 is 11.9 Å². The third-order valence-electron chi connectivity index (χ3n) is 2.95. The fraction of sp³-hybridized carbons (Fsp3) is 0.467. The second-order valence-corrected chi connectivity index (χ2v) is 5.77. The Balaban J connectivity index is 2.24. The van der Waals surface area contributed by atoms with Crippen molar-refractivity contribution in [2.75, 3.05) is 5.75 Å². The first-order valence-electron chi connectivity index (χ1n) is 6.49. The Labute approximate surface area is 118 Å². The number of carbonyl (C=O) groups is 2. The van der Waals surface area contributed by atoms with Gasteiger partial charge < -0.3 is 5.11 Å². The summed E-state index contributed by atoms with van der Waals surface area (Å²) in [6, 6.07) is 10.2. The van der Waals surface area contributed by atoms with Crippen molar-refractivity contribution in [3.05, 3.63) is 35.9 Å². The molecular formula is C15H20O3S. The fourth-order valence-electron chi connectivity index (χ4n) is 1.86. The average Bonchev–Trinajstić information content (AvgIpc) is 2.38. The van der Waals surface area contributed by atoms with Crippen LogP contribution in [0.3, 0.4) is 0 Å². The maximum atomic E-state index is 11.1. The SMILES string of the molecule is CC(=O)SC[C@@H](CCCCc1ccccc1)C(=O)O. The number of carboxylic acid groups (broad SMARTS) is 1. The molecule has 1 N–H and O–H groups in total. The summed E-state index contributed by atoms with van der Waals surface area (Å²) in [4.78, 5) is 21.9. The summed E-state index contributed by atoms with van der Waals surface area (Å²) >= 11 is 1.10. The summed E-state index contributed by atoms with van der Waals surface area (Å²) in [6.45, 7) is 1.47. The number of aliphatic carboxylic acids is 1. The van der Waals surface area contributed by atoms with Gasteiger partial charge in [-0.2, -0.15) is 0 Å². The first kappa shape index (κ1) is 15.8.